The number of halogens is 1. The summed E-state index contributed by atoms with van der Waals surface area (Å²) in [5, 5.41) is 11.8. The smallest absolute Gasteiger partial charge is 0.182 e. The van der Waals surface area contributed by atoms with Gasteiger partial charge in [0.2, 0.25) is 0 Å². The summed E-state index contributed by atoms with van der Waals surface area (Å²) in [6.45, 7) is 0.415. The third-order valence-electron chi connectivity index (χ3n) is 2.67. The maximum absolute atomic E-state index is 11.1. The fourth-order valence-electron chi connectivity index (χ4n) is 1.72. The largest absolute Gasteiger partial charge is 0.398 e. The van der Waals surface area contributed by atoms with Crippen LogP contribution in [0.25, 0.3) is 11.4 Å². The first kappa shape index (κ1) is 14.7. The van der Waals surface area contributed by atoms with E-state index in [1.165, 1.54) is 6.26 Å². The molecule has 2 rings (SSSR count). The van der Waals surface area contributed by atoms with E-state index in [0.29, 0.717) is 29.5 Å². The zero-order valence-corrected chi connectivity index (χ0v) is 12.4. The number of hydrogen-bond donors (Lipinski definition) is 1. The quantitative estimate of drug-likeness (QED) is 0.826. The lowest BCUT2D eigenvalue weighted by molar-refractivity contribution is 0.567. The predicted molar refractivity (Wildman–Crippen MR) is 77.0 cm³/mol. The molecule has 0 unspecified atom stereocenters. The number of nitrogens with two attached hydrogens (primary N) is 1. The topological polar surface area (TPSA) is 104 Å². The van der Waals surface area contributed by atoms with E-state index in [9.17, 15) is 8.42 Å². The van der Waals surface area contributed by atoms with Crippen molar-refractivity contribution in [2.24, 2.45) is 0 Å². The Hall–Kier alpha value is -1.67. The highest BCUT2D eigenvalue weighted by atomic mass is 35.5. The number of benzene rings is 1. The molecule has 20 heavy (non-hydrogen) atoms. The van der Waals surface area contributed by atoms with Gasteiger partial charge >= 0.3 is 0 Å². The van der Waals surface area contributed by atoms with Crippen LogP contribution < -0.4 is 5.73 Å². The maximum Gasteiger partial charge on any atom is 0.182 e. The molecule has 0 aliphatic heterocycles. The first-order chi connectivity index (χ1) is 9.37. The van der Waals surface area contributed by atoms with Gasteiger partial charge in [0.15, 0.2) is 5.82 Å². The normalized spacial score (nSPS) is 11.7. The molecular weight excluding hydrogens is 302 g/mol. The predicted octanol–water partition coefficient (Wildman–Crippen LogP) is 1.01. The summed E-state index contributed by atoms with van der Waals surface area (Å²) in [7, 11) is -2.99. The summed E-state index contributed by atoms with van der Waals surface area (Å²) >= 11 is 5.87. The Balaban J connectivity index is 2.17. The summed E-state index contributed by atoms with van der Waals surface area (Å²) in [6, 6.07) is 5.11. The lowest BCUT2D eigenvalue weighted by atomic mass is 10.2. The summed E-state index contributed by atoms with van der Waals surface area (Å²) in [5.74, 6) is 0.622. The lowest BCUT2D eigenvalue weighted by Crippen LogP contribution is -2.09. The van der Waals surface area contributed by atoms with Gasteiger partial charge in [-0.2, -0.15) is 0 Å². The van der Waals surface area contributed by atoms with E-state index in [4.69, 9.17) is 17.3 Å². The molecule has 2 N–H and O–H groups in total. The van der Waals surface area contributed by atoms with E-state index in [2.05, 4.69) is 15.5 Å². The molecule has 1 aromatic heterocycles. The molecule has 0 fully saturated rings. The molecule has 1 heterocycles. The Bertz CT molecular complexity index is 713. The van der Waals surface area contributed by atoms with Crippen LogP contribution in [0.1, 0.15) is 6.42 Å². The third kappa shape index (κ3) is 3.67. The second kappa shape index (κ2) is 5.76. The number of nitrogens with zero attached hydrogens (tertiary/aromatic N) is 4. The van der Waals surface area contributed by atoms with Crippen molar-refractivity contribution >= 4 is 27.1 Å². The second-order valence-corrected chi connectivity index (χ2v) is 7.11. The second-order valence-electron chi connectivity index (χ2n) is 4.45. The average molecular weight is 316 g/mol. The molecule has 0 saturated heterocycles. The third-order valence-corrected chi connectivity index (χ3v) is 4.05. The number of rotatable bonds is 5. The van der Waals surface area contributed by atoms with Crippen LogP contribution in [-0.4, -0.2) is 40.6 Å². The van der Waals surface area contributed by atoms with E-state index in [0.717, 1.165) is 5.56 Å². The van der Waals surface area contributed by atoms with Crippen molar-refractivity contribution in [2.45, 2.75) is 13.0 Å². The SMILES string of the molecule is CS(=O)(=O)CCCn1nnnc1-c1ccc(Cl)c(N)c1. The van der Waals surface area contributed by atoms with Gasteiger partial charge in [0, 0.05) is 18.4 Å². The number of aryl methyl sites for hydroxylation is 1. The van der Waals surface area contributed by atoms with Gasteiger partial charge in [0.1, 0.15) is 9.84 Å². The first-order valence-electron chi connectivity index (χ1n) is 5.86. The summed E-state index contributed by atoms with van der Waals surface area (Å²) < 4.78 is 23.8. The van der Waals surface area contributed by atoms with Gasteiger partial charge < -0.3 is 5.73 Å². The number of anilines is 1. The fourth-order valence-corrected chi connectivity index (χ4v) is 2.49. The summed E-state index contributed by atoms with van der Waals surface area (Å²) in [5.41, 5.74) is 6.92. The van der Waals surface area contributed by atoms with Crippen molar-refractivity contribution < 1.29 is 8.42 Å². The Labute approximate surface area is 121 Å². The number of aromatic nitrogens is 4. The van der Waals surface area contributed by atoms with Crippen LogP contribution in [-0.2, 0) is 16.4 Å². The Kier molecular flexibility index (Phi) is 4.24. The minimum atomic E-state index is -2.99. The summed E-state index contributed by atoms with van der Waals surface area (Å²) in [4.78, 5) is 0. The van der Waals surface area contributed by atoms with Crippen LogP contribution in [0, 0.1) is 0 Å². The molecule has 0 saturated carbocycles. The van der Waals surface area contributed by atoms with Gasteiger partial charge in [0.05, 0.1) is 16.5 Å². The van der Waals surface area contributed by atoms with E-state index in [1.807, 2.05) is 0 Å². The van der Waals surface area contributed by atoms with Gasteiger partial charge in [-0.05, 0) is 35.0 Å². The van der Waals surface area contributed by atoms with E-state index < -0.39 is 9.84 Å². The Morgan fingerprint density at radius 2 is 2.15 bits per heavy atom. The lowest BCUT2D eigenvalue weighted by Gasteiger charge is -2.05. The van der Waals surface area contributed by atoms with Gasteiger partial charge in [-0.15, -0.1) is 5.10 Å². The number of hydrogen-bond acceptors (Lipinski definition) is 6. The maximum atomic E-state index is 11.1. The highest BCUT2D eigenvalue weighted by Crippen LogP contribution is 2.25. The van der Waals surface area contributed by atoms with Crippen LogP contribution in [0.5, 0.6) is 0 Å². The number of tetrazole rings is 1. The molecule has 0 aliphatic rings. The van der Waals surface area contributed by atoms with Crippen molar-refractivity contribution in [3.8, 4) is 11.4 Å². The molecule has 9 heteroatoms. The van der Waals surface area contributed by atoms with Gasteiger partial charge in [-0.1, -0.05) is 11.6 Å². The Morgan fingerprint density at radius 3 is 2.80 bits per heavy atom. The molecule has 2 aromatic rings. The molecule has 0 amide bonds. The minimum Gasteiger partial charge on any atom is -0.398 e. The van der Waals surface area contributed by atoms with Crippen molar-refractivity contribution in [1.82, 2.24) is 20.2 Å². The molecule has 108 valence electrons. The molecule has 0 radical (unpaired) electrons. The molecule has 7 nitrogen and oxygen atoms in total. The molecule has 1 aromatic carbocycles. The van der Waals surface area contributed by atoms with E-state index >= 15 is 0 Å². The van der Waals surface area contributed by atoms with Gasteiger partial charge in [-0.3, -0.25) is 0 Å². The highest BCUT2D eigenvalue weighted by Gasteiger charge is 2.11. The van der Waals surface area contributed by atoms with Crippen LogP contribution in [0.3, 0.4) is 0 Å². The van der Waals surface area contributed by atoms with Crippen molar-refractivity contribution in [3.63, 3.8) is 0 Å². The molecular formula is C11H14ClN5O2S. The van der Waals surface area contributed by atoms with Crippen LogP contribution in [0.15, 0.2) is 18.2 Å². The average Bonchev–Trinajstić information content (AvgIpc) is 2.79. The number of nitrogen functional groups attached to an aromatic ring is 1. The Morgan fingerprint density at radius 1 is 1.40 bits per heavy atom. The summed E-state index contributed by atoms with van der Waals surface area (Å²) in [6.07, 6.45) is 1.65. The van der Waals surface area contributed by atoms with Crippen LogP contribution in [0.2, 0.25) is 5.02 Å². The van der Waals surface area contributed by atoms with Gasteiger partial charge in [-0.25, -0.2) is 13.1 Å². The van der Waals surface area contributed by atoms with Gasteiger partial charge in [0.25, 0.3) is 0 Å². The number of sulfone groups is 1. The van der Waals surface area contributed by atoms with Crippen molar-refractivity contribution in [3.05, 3.63) is 23.2 Å². The molecule has 0 aliphatic carbocycles. The fraction of sp³-hybridized carbons (Fsp3) is 0.364. The highest BCUT2D eigenvalue weighted by molar-refractivity contribution is 7.90. The zero-order valence-electron chi connectivity index (χ0n) is 10.8. The van der Waals surface area contributed by atoms with Crippen LogP contribution in [0.4, 0.5) is 5.69 Å². The van der Waals surface area contributed by atoms with E-state index in [1.54, 1.807) is 22.9 Å². The standard InChI is InChI=1S/C11H14ClN5O2S/c1-20(18,19)6-2-5-17-11(14-15-16-17)8-3-4-9(12)10(13)7-8/h3-4,7H,2,5-6,13H2,1H3. The minimum absolute atomic E-state index is 0.0923. The molecule has 0 spiro atoms. The zero-order chi connectivity index (χ0) is 14.8. The van der Waals surface area contributed by atoms with E-state index in [-0.39, 0.29) is 5.75 Å². The molecule has 0 bridgehead atoms. The van der Waals surface area contributed by atoms with Crippen LogP contribution >= 0.6 is 11.6 Å². The van der Waals surface area contributed by atoms with Crippen molar-refractivity contribution in [1.29, 1.82) is 0 Å². The molecule has 0 atom stereocenters. The monoisotopic (exact) mass is 315 g/mol. The van der Waals surface area contributed by atoms with Crippen molar-refractivity contribution in [2.75, 3.05) is 17.7 Å². The first-order valence-corrected chi connectivity index (χ1v) is 8.30.